The Morgan fingerprint density at radius 2 is 1.54 bits per heavy atom. The number of likely N-dealkylation sites (tertiary alicyclic amines) is 1. The molecule has 1 aliphatic heterocycles. The van der Waals surface area contributed by atoms with Crippen LogP contribution in [0.2, 0.25) is 4.82 Å². The van der Waals surface area contributed by atoms with E-state index in [2.05, 4.69) is 65.6 Å². The number of benzene rings is 2. The summed E-state index contributed by atoms with van der Waals surface area (Å²) in [5, 5.41) is 0. The van der Waals surface area contributed by atoms with Gasteiger partial charge in [-0.25, -0.2) is 0 Å². The summed E-state index contributed by atoms with van der Waals surface area (Å²) >= 11 is 0.608. The van der Waals surface area contributed by atoms with Gasteiger partial charge in [-0.3, -0.25) is 0 Å². The molecule has 2 aromatic carbocycles. The van der Waals surface area contributed by atoms with Crippen molar-refractivity contribution in [3.63, 3.8) is 0 Å². The van der Waals surface area contributed by atoms with Crippen molar-refractivity contribution in [1.29, 1.82) is 0 Å². The molecular formula is C22H27NSe. The first-order valence-corrected chi connectivity index (χ1v) is 11.2. The van der Waals surface area contributed by atoms with Crippen LogP contribution < -0.4 is 4.46 Å². The van der Waals surface area contributed by atoms with Gasteiger partial charge >= 0.3 is 153 Å². The Morgan fingerprint density at radius 3 is 2.25 bits per heavy atom. The van der Waals surface area contributed by atoms with Crippen LogP contribution in [0, 0.1) is 0 Å². The topological polar surface area (TPSA) is 3.24 Å². The van der Waals surface area contributed by atoms with Gasteiger partial charge in [-0.15, -0.1) is 0 Å². The minimum absolute atomic E-state index is 0.495. The zero-order valence-corrected chi connectivity index (χ0v) is 16.1. The fourth-order valence-corrected chi connectivity index (χ4v) is 7.42. The quantitative estimate of drug-likeness (QED) is 0.706. The molecule has 2 heteroatoms. The van der Waals surface area contributed by atoms with Crippen LogP contribution in [0.1, 0.15) is 44.1 Å². The molecule has 1 heterocycles. The Bertz CT molecular complexity index is 634. The van der Waals surface area contributed by atoms with E-state index in [-0.39, 0.29) is 0 Å². The van der Waals surface area contributed by atoms with Crippen molar-refractivity contribution >= 4 is 19.4 Å². The Labute approximate surface area is 152 Å². The maximum atomic E-state index is 2.86. The zero-order chi connectivity index (χ0) is 16.2. The zero-order valence-electron chi connectivity index (χ0n) is 14.4. The van der Waals surface area contributed by atoms with Crippen LogP contribution in [0.3, 0.4) is 0 Å². The fourth-order valence-electron chi connectivity index (χ4n) is 4.59. The molecule has 1 atom stereocenters. The second-order valence-corrected chi connectivity index (χ2v) is 10.3. The van der Waals surface area contributed by atoms with Gasteiger partial charge in [0.2, 0.25) is 0 Å². The first-order valence-electron chi connectivity index (χ1n) is 9.35. The normalized spacial score (nSPS) is 23.6. The van der Waals surface area contributed by atoms with Crippen molar-refractivity contribution in [2.24, 2.45) is 0 Å². The van der Waals surface area contributed by atoms with Crippen LogP contribution in [-0.4, -0.2) is 31.9 Å². The summed E-state index contributed by atoms with van der Waals surface area (Å²) in [6.07, 6.45) is 8.55. The minimum atomic E-state index is 0.495. The van der Waals surface area contributed by atoms with Crippen LogP contribution in [0.4, 0.5) is 0 Å². The number of hydrogen-bond acceptors (Lipinski definition) is 1. The molecule has 2 aromatic rings. The molecule has 24 heavy (non-hydrogen) atoms. The van der Waals surface area contributed by atoms with Gasteiger partial charge < -0.3 is 0 Å². The molecule has 1 saturated heterocycles. The predicted octanol–water partition coefficient (Wildman–Crippen LogP) is 4.41. The molecule has 0 bridgehead atoms. The van der Waals surface area contributed by atoms with E-state index in [9.17, 15) is 0 Å². The van der Waals surface area contributed by atoms with E-state index < -0.39 is 0 Å². The molecule has 1 spiro atoms. The van der Waals surface area contributed by atoms with E-state index in [1.165, 1.54) is 50.6 Å². The molecule has 2 aliphatic rings. The van der Waals surface area contributed by atoms with Crippen LogP contribution in [0.15, 0.2) is 60.7 Å². The summed E-state index contributed by atoms with van der Waals surface area (Å²) in [4.78, 5) is 3.73. The average Bonchev–Trinajstić information content (AvgIpc) is 2.93. The fraction of sp³-hybridized carbons (Fsp3) is 0.455. The summed E-state index contributed by atoms with van der Waals surface area (Å²) in [6.45, 7) is 2.44. The Hall–Kier alpha value is -1.08. The van der Waals surface area contributed by atoms with Crippen LogP contribution in [0.5, 0.6) is 0 Å². The summed E-state index contributed by atoms with van der Waals surface area (Å²) in [5.74, 6) is 0. The number of hydrogen-bond donors (Lipinski definition) is 0. The second kappa shape index (κ2) is 7.43. The van der Waals surface area contributed by atoms with E-state index in [1.807, 2.05) is 0 Å². The Morgan fingerprint density at radius 1 is 0.875 bits per heavy atom. The van der Waals surface area contributed by atoms with Crippen molar-refractivity contribution in [1.82, 2.24) is 4.90 Å². The standard InChI is InChI=1S/C22H27NSe/c1-4-10-19(11-5-1)17-23-18-21(24-20-12-6-2-7-13-20)16-22(23)14-8-3-9-15-22/h1-2,4-7,10-13,21H,3,8-9,14-18H2. The van der Waals surface area contributed by atoms with Crippen LogP contribution in [-0.2, 0) is 6.54 Å². The van der Waals surface area contributed by atoms with E-state index in [1.54, 1.807) is 4.46 Å². The van der Waals surface area contributed by atoms with Gasteiger partial charge in [0.25, 0.3) is 0 Å². The summed E-state index contributed by atoms with van der Waals surface area (Å²) in [6, 6.07) is 22.3. The van der Waals surface area contributed by atoms with E-state index in [0.717, 1.165) is 11.4 Å². The van der Waals surface area contributed by atoms with Gasteiger partial charge in [0.05, 0.1) is 0 Å². The molecular weight excluding hydrogens is 357 g/mol. The van der Waals surface area contributed by atoms with Crippen LogP contribution in [0.25, 0.3) is 0 Å². The van der Waals surface area contributed by atoms with E-state index in [0.29, 0.717) is 20.5 Å². The predicted molar refractivity (Wildman–Crippen MR) is 103 cm³/mol. The van der Waals surface area contributed by atoms with Crippen molar-refractivity contribution in [2.45, 2.75) is 55.4 Å². The molecule has 2 fully saturated rings. The van der Waals surface area contributed by atoms with Gasteiger partial charge in [-0.1, -0.05) is 0 Å². The Balaban J connectivity index is 1.51. The SMILES string of the molecule is c1ccc(CN2CC([Se]c3ccccc3)CC23CCCCC3)cc1. The number of nitrogens with zero attached hydrogens (tertiary/aromatic N) is 1. The second-order valence-electron chi connectivity index (χ2n) is 7.41. The van der Waals surface area contributed by atoms with Crippen molar-refractivity contribution < 1.29 is 0 Å². The van der Waals surface area contributed by atoms with Gasteiger partial charge in [-0.05, 0) is 0 Å². The van der Waals surface area contributed by atoms with Crippen molar-refractivity contribution in [2.75, 3.05) is 6.54 Å². The third-order valence-electron chi connectivity index (χ3n) is 5.75. The van der Waals surface area contributed by atoms with Crippen molar-refractivity contribution in [3.05, 3.63) is 66.2 Å². The number of rotatable bonds is 4. The summed E-state index contributed by atoms with van der Waals surface area (Å²) in [5.41, 5.74) is 1.98. The first kappa shape index (κ1) is 16.4. The van der Waals surface area contributed by atoms with Crippen LogP contribution >= 0.6 is 0 Å². The molecule has 1 nitrogen and oxygen atoms in total. The molecule has 0 amide bonds. The molecule has 4 rings (SSSR count). The Kier molecular flexibility index (Phi) is 5.08. The summed E-state index contributed by atoms with van der Waals surface area (Å²) in [7, 11) is 0. The molecule has 0 N–H and O–H groups in total. The van der Waals surface area contributed by atoms with E-state index in [4.69, 9.17) is 0 Å². The van der Waals surface area contributed by atoms with Gasteiger partial charge in [0.15, 0.2) is 0 Å². The third kappa shape index (κ3) is 3.61. The van der Waals surface area contributed by atoms with E-state index >= 15 is 0 Å². The molecule has 126 valence electrons. The summed E-state index contributed by atoms with van der Waals surface area (Å²) < 4.78 is 1.57. The van der Waals surface area contributed by atoms with Gasteiger partial charge in [-0.2, -0.15) is 0 Å². The molecule has 0 aromatic heterocycles. The molecule has 1 saturated carbocycles. The first-order chi connectivity index (χ1) is 11.8. The molecule has 1 unspecified atom stereocenters. The van der Waals surface area contributed by atoms with Crippen molar-refractivity contribution in [3.8, 4) is 0 Å². The third-order valence-corrected chi connectivity index (χ3v) is 8.25. The molecule has 0 radical (unpaired) electrons. The maximum absolute atomic E-state index is 2.86. The molecule has 1 aliphatic carbocycles. The average molecular weight is 384 g/mol. The van der Waals surface area contributed by atoms with Gasteiger partial charge in [0.1, 0.15) is 0 Å². The monoisotopic (exact) mass is 385 g/mol. The van der Waals surface area contributed by atoms with Gasteiger partial charge in [0, 0.05) is 0 Å².